The number of benzene rings is 2. The van der Waals surface area contributed by atoms with Gasteiger partial charge < -0.3 is 20.3 Å². The van der Waals surface area contributed by atoms with Crippen LogP contribution >= 0.6 is 35.7 Å². The number of likely N-dealkylation sites (N-methyl/N-ethyl adjacent to an activating group) is 1. The largest absolute Gasteiger partial charge is 0.496 e. The third kappa shape index (κ3) is 7.63. The Hall–Kier alpha value is -1.52. The van der Waals surface area contributed by atoms with Crippen LogP contribution in [-0.4, -0.2) is 51.9 Å². The van der Waals surface area contributed by atoms with E-state index in [1.807, 2.05) is 44.6 Å². The number of nitrogens with zero attached hydrogens (tertiary/aromatic N) is 2. The van der Waals surface area contributed by atoms with E-state index in [4.69, 9.17) is 4.74 Å². The predicted molar refractivity (Wildman–Crippen MR) is 137 cm³/mol. The highest BCUT2D eigenvalue weighted by atomic mass is 127. The molecule has 0 amide bonds. The fraction of sp³-hybridized carbons (Fsp3) is 0.409. The highest BCUT2D eigenvalue weighted by Crippen LogP contribution is 2.27. The lowest BCUT2D eigenvalue weighted by Crippen LogP contribution is -2.41. The maximum absolute atomic E-state index is 13.6. The first-order chi connectivity index (χ1) is 14.0. The number of thioether (sulfide) groups is 1. The molecule has 5 nitrogen and oxygen atoms in total. The fourth-order valence-electron chi connectivity index (χ4n) is 3.16. The van der Waals surface area contributed by atoms with Crippen LogP contribution in [0.25, 0.3) is 0 Å². The summed E-state index contributed by atoms with van der Waals surface area (Å²) < 4.78 is 19.1. The molecule has 0 aliphatic rings. The zero-order chi connectivity index (χ0) is 21.2. The van der Waals surface area contributed by atoms with Crippen molar-refractivity contribution in [3.05, 3.63) is 65.0 Å². The summed E-state index contributed by atoms with van der Waals surface area (Å²) in [6, 6.07) is 13.1. The first-order valence-electron chi connectivity index (χ1n) is 9.50. The highest BCUT2D eigenvalue weighted by molar-refractivity contribution is 14.0. The Balaban J connectivity index is 0.00000450. The minimum absolute atomic E-state index is 0. The highest BCUT2D eigenvalue weighted by Gasteiger charge is 2.18. The fourth-order valence-corrected chi connectivity index (χ4v) is 3.74. The van der Waals surface area contributed by atoms with Crippen LogP contribution in [0.2, 0.25) is 0 Å². The number of halogens is 2. The van der Waals surface area contributed by atoms with Crippen LogP contribution in [-0.2, 0) is 12.3 Å². The molecular formula is C22H32FIN4OS. The lowest BCUT2D eigenvalue weighted by molar-refractivity contribution is 0.287. The van der Waals surface area contributed by atoms with Gasteiger partial charge in [0.15, 0.2) is 5.96 Å². The number of rotatable bonds is 9. The molecule has 2 rings (SSSR count). The Morgan fingerprint density at radius 1 is 1.17 bits per heavy atom. The van der Waals surface area contributed by atoms with Crippen molar-refractivity contribution in [1.29, 1.82) is 0 Å². The Bertz CT molecular complexity index is 819. The van der Waals surface area contributed by atoms with Gasteiger partial charge in [0.1, 0.15) is 11.6 Å². The third-order valence-electron chi connectivity index (χ3n) is 4.72. The predicted octanol–water partition coefficient (Wildman–Crippen LogP) is 4.28. The molecule has 0 saturated heterocycles. The Kier molecular flexibility index (Phi) is 12.1. The molecule has 2 N–H and O–H groups in total. The van der Waals surface area contributed by atoms with E-state index < -0.39 is 0 Å². The molecule has 166 valence electrons. The first kappa shape index (κ1) is 26.5. The van der Waals surface area contributed by atoms with Crippen molar-refractivity contribution in [2.75, 3.05) is 41.1 Å². The maximum atomic E-state index is 13.6. The summed E-state index contributed by atoms with van der Waals surface area (Å²) in [4.78, 5) is 6.48. The second-order valence-electron chi connectivity index (χ2n) is 6.87. The van der Waals surface area contributed by atoms with Gasteiger partial charge in [-0.2, -0.15) is 11.8 Å². The van der Waals surface area contributed by atoms with E-state index in [2.05, 4.69) is 26.6 Å². The zero-order valence-electron chi connectivity index (χ0n) is 18.2. The molecular weight excluding hydrogens is 514 g/mol. The SMILES string of the molecule is CN=C(NCc1ccc(F)cc1CSC)NCC(c1ccccc1OC)N(C)C.I. The molecule has 0 saturated carbocycles. The minimum atomic E-state index is -0.203. The monoisotopic (exact) mass is 546 g/mol. The van der Waals surface area contributed by atoms with Crippen LogP contribution in [0.1, 0.15) is 22.7 Å². The lowest BCUT2D eigenvalue weighted by atomic mass is 10.0. The molecule has 0 aliphatic carbocycles. The molecule has 0 aromatic heterocycles. The van der Waals surface area contributed by atoms with Crippen molar-refractivity contribution in [2.24, 2.45) is 4.99 Å². The number of aliphatic imine (C=N–C) groups is 1. The standard InChI is InChI=1S/C22H31FN4OS.HI/c1-24-22(25-13-16-10-11-18(23)12-17(16)15-29-5)26-14-20(27(2)3)19-8-6-7-9-21(19)28-4;/h6-12,20H,13-15H2,1-5H3,(H2,24,25,26);1H. The number of guanidine groups is 1. The van der Waals surface area contributed by atoms with E-state index >= 15 is 0 Å². The summed E-state index contributed by atoms with van der Waals surface area (Å²) in [5.74, 6) is 2.14. The number of nitrogens with one attached hydrogen (secondary N) is 2. The van der Waals surface area contributed by atoms with Crippen LogP contribution in [0.4, 0.5) is 4.39 Å². The van der Waals surface area contributed by atoms with Gasteiger partial charge in [0, 0.05) is 31.5 Å². The van der Waals surface area contributed by atoms with E-state index in [0.29, 0.717) is 19.0 Å². The second-order valence-corrected chi connectivity index (χ2v) is 7.74. The summed E-state index contributed by atoms with van der Waals surface area (Å²) in [5.41, 5.74) is 3.18. The summed E-state index contributed by atoms with van der Waals surface area (Å²) in [7, 11) is 7.52. The van der Waals surface area contributed by atoms with E-state index in [-0.39, 0.29) is 35.8 Å². The molecule has 8 heteroatoms. The maximum Gasteiger partial charge on any atom is 0.191 e. The molecule has 0 bridgehead atoms. The molecule has 0 spiro atoms. The van der Waals surface area contributed by atoms with E-state index in [0.717, 1.165) is 28.2 Å². The quantitative estimate of drug-likeness (QED) is 0.280. The second kappa shape index (κ2) is 13.7. The van der Waals surface area contributed by atoms with E-state index in [1.165, 1.54) is 6.07 Å². The average molecular weight is 546 g/mol. The summed E-state index contributed by atoms with van der Waals surface area (Å²) >= 11 is 1.68. The molecule has 0 fully saturated rings. The number of ether oxygens (including phenoxy) is 1. The van der Waals surface area contributed by atoms with Crippen LogP contribution in [0.5, 0.6) is 5.75 Å². The molecule has 0 heterocycles. The van der Waals surface area contributed by atoms with Crippen molar-refractivity contribution < 1.29 is 9.13 Å². The molecule has 30 heavy (non-hydrogen) atoms. The van der Waals surface area contributed by atoms with Crippen molar-refractivity contribution in [3.63, 3.8) is 0 Å². The van der Waals surface area contributed by atoms with Gasteiger partial charge in [-0.3, -0.25) is 4.99 Å². The Morgan fingerprint density at radius 3 is 2.53 bits per heavy atom. The van der Waals surface area contributed by atoms with Gasteiger partial charge in [0.2, 0.25) is 0 Å². The normalized spacial score (nSPS) is 12.3. The molecule has 1 atom stereocenters. The van der Waals surface area contributed by atoms with Gasteiger partial charge in [0.05, 0.1) is 13.2 Å². The van der Waals surface area contributed by atoms with Crippen LogP contribution in [0.3, 0.4) is 0 Å². The summed E-state index contributed by atoms with van der Waals surface area (Å²) in [6.07, 6.45) is 2.02. The summed E-state index contributed by atoms with van der Waals surface area (Å²) in [6.45, 7) is 1.24. The average Bonchev–Trinajstić information content (AvgIpc) is 2.72. The van der Waals surface area contributed by atoms with Crippen molar-refractivity contribution in [1.82, 2.24) is 15.5 Å². The van der Waals surface area contributed by atoms with E-state index in [9.17, 15) is 4.39 Å². The Morgan fingerprint density at radius 2 is 1.90 bits per heavy atom. The number of hydrogen-bond acceptors (Lipinski definition) is 4. The van der Waals surface area contributed by atoms with Crippen LogP contribution < -0.4 is 15.4 Å². The smallest absolute Gasteiger partial charge is 0.191 e. The van der Waals surface area contributed by atoms with E-state index in [1.54, 1.807) is 32.0 Å². The molecule has 2 aromatic rings. The van der Waals surface area contributed by atoms with Gasteiger partial charge in [-0.25, -0.2) is 4.39 Å². The molecule has 0 radical (unpaired) electrons. The van der Waals surface area contributed by atoms with Crippen molar-refractivity contribution >= 4 is 41.7 Å². The van der Waals surface area contributed by atoms with Gasteiger partial charge in [-0.1, -0.05) is 24.3 Å². The number of methoxy groups -OCH3 is 1. The third-order valence-corrected chi connectivity index (χ3v) is 5.32. The minimum Gasteiger partial charge on any atom is -0.496 e. The Labute approximate surface area is 200 Å². The van der Waals surface area contributed by atoms with Gasteiger partial charge in [0.25, 0.3) is 0 Å². The molecule has 2 aromatic carbocycles. The van der Waals surface area contributed by atoms with Crippen LogP contribution in [0, 0.1) is 5.82 Å². The molecule has 0 aliphatic heterocycles. The van der Waals surface area contributed by atoms with Gasteiger partial charge in [-0.05, 0) is 49.7 Å². The van der Waals surface area contributed by atoms with Crippen molar-refractivity contribution in [2.45, 2.75) is 18.3 Å². The van der Waals surface area contributed by atoms with Crippen molar-refractivity contribution in [3.8, 4) is 5.75 Å². The topological polar surface area (TPSA) is 48.9 Å². The number of para-hydroxylation sites is 1. The lowest BCUT2D eigenvalue weighted by Gasteiger charge is -2.27. The zero-order valence-corrected chi connectivity index (χ0v) is 21.4. The van der Waals surface area contributed by atoms with Gasteiger partial charge >= 0.3 is 0 Å². The first-order valence-corrected chi connectivity index (χ1v) is 10.9. The van der Waals surface area contributed by atoms with Gasteiger partial charge in [-0.15, -0.1) is 24.0 Å². The molecule has 1 unspecified atom stereocenters. The number of hydrogen-bond donors (Lipinski definition) is 2. The summed E-state index contributed by atoms with van der Waals surface area (Å²) in [5, 5.41) is 6.73. The van der Waals surface area contributed by atoms with Crippen LogP contribution in [0.15, 0.2) is 47.5 Å².